The third kappa shape index (κ3) is 4.78. The maximum atomic E-state index is 12.7. The van der Waals surface area contributed by atoms with Gasteiger partial charge in [0.1, 0.15) is 5.69 Å². The summed E-state index contributed by atoms with van der Waals surface area (Å²) < 4.78 is 5.45. The lowest BCUT2D eigenvalue weighted by molar-refractivity contribution is -0.137. The van der Waals surface area contributed by atoms with Crippen LogP contribution in [0.4, 0.5) is 0 Å². The monoisotopic (exact) mass is 357 g/mol. The van der Waals surface area contributed by atoms with Crippen molar-refractivity contribution < 1.29 is 18.8 Å². The highest BCUT2D eigenvalue weighted by atomic mass is 16.4. The number of hydrogen-bond acceptors (Lipinski definition) is 5. The van der Waals surface area contributed by atoms with Gasteiger partial charge in [0, 0.05) is 12.5 Å². The zero-order valence-corrected chi connectivity index (χ0v) is 15.3. The van der Waals surface area contributed by atoms with Crippen LogP contribution in [-0.4, -0.2) is 28.6 Å². The number of rotatable bonds is 6. The SMILES string of the molecule is Cc1nc(-c2ccccc2)c(C(=O)N[C@@H](CC(C)(C)C)C(=O)C(N)=O)o1. The molecule has 7 heteroatoms. The van der Waals surface area contributed by atoms with Crippen molar-refractivity contribution in [2.45, 2.75) is 40.2 Å². The molecule has 0 spiro atoms. The Morgan fingerprint density at radius 2 is 1.81 bits per heavy atom. The Morgan fingerprint density at radius 3 is 2.35 bits per heavy atom. The average Bonchev–Trinajstić information content (AvgIpc) is 2.95. The number of nitrogens with zero attached hydrogens (tertiary/aromatic N) is 1. The first-order valence-electron chi connectivity index (χ1n) is 8.26. The molecule has 7 nitrogen and oxygen atoms in total. The van der Waals surface area contributed by atoms with Crippen LogP contribution in [0.1, 0.15) is 43.6 Å². The van der Waals surface area contributed by atoms with Crippen LogP contribution in [0.2, 0.25) is 0 Å². The first kappa shape index (κ1) is 19.4. The molecule has 138 valence electrons. The van der Waals surface area contributed by atoms with E-state index in [1.54, 1.807) is 19.1 Å². The molecule has 2 rings (SSSR count). The van der Waals surface area contributed by atoms with E-state index in [2.05, 4.69) is 10.3 Å². The minimum atomic E-state index is -1.09. The molecule has 1 aromatic heterocycles. The number of ketones is 1. The minimum absolute atomic E-state index is 0.00937. The van der Waals surface area contributed by atoms with E-state index in [-0.39, 0.29) is 17.6 Å². The summed E-state index contributed by atoms with van der Waals surface area (Å²) >= 11 is 0. The molecule has 0 fully saturated rings. The number of aryl methyl sites for hydroxylation is 1. The summed E-state index contributed by atoms with van der Waals surface area (Å²) in [6.45, 7) is 7.32. The molecule has 0 bridgehead atoms. The summed E-state index contributed by atoms with van der Waals surface area (Å²) in [6, 6.07) is 8.06. The van der Waals surface area contributed by atoms with E-state index < -0.39 is 23.6 Å². The van der Waals surface area contributed by atoms with E-state index in [0.29, 0.717) is 17.1 Å². The second kappa shape index (κ2) is 7.51. The Labute approximate surface area is 152 Å². The molecule has 2 aromatic rings. The zero-order valence-electron chi connectivity index (χ0n) is 15.3. The lowest BCUT2D eigenvalue weighted by Crippen LogP contribution is -2.47. The van der Waals surface area contributed by atoms with Gasteiger partial charge in [-0.3, -0.25) is 14.4 Å². The predicted octanol–water partition coefficient (Wildman–Crippen LogP) is 2.24. The summed E-state index contributed by atoms with van der Waals surface area (Å²) in [6.07, 6.45) is 0.258. The van der Waals surface area contributed by atoms with E-state index in [1.165, 1.54) is 0 Å². The van der Waals surface area contributed by atoms with E-state index in [0.717, 1.165) is 0 Å². The highest BCUT2D eigenvalue weighted by molar-refractivity contribution is 6.38. The van der Waals surface area contributed by atoms with Gasteiger partial charge in [0.05, 0.1) is 6.04 Å². The Morgan fingerprint density at radius 1 is 1.19 bits per heavy atom. The van der Waals surface area contributed by atoms with Crippen molar-refractivity contribution in [3.8, 4) is 11.3 Å². The van der Waals surface area contributed by atoms with Crippen LogP contribution in [0, 0.1) is 12.3 Å². The van der Waals surface area contributed by atoms with Gasteiger partial charge in [-0.2, -0.15) is 0 Å². The number of nitrogens with one attached hydrogen (secondary N) is 1. The maximum absolute atomic E-state index is 12.7. The Hall–Kier alpha value is -2.96. The van der Waals surface area contributed by atoms with Gasteiger partial charge in [0.25, 0.3) is 11.8 Å². The molecular formula is C19H23N3O4. The molecular weight excluding hydrogens is 334 g/mol. The molecule has 0 saturated heterocycles. The molecule has 1 atom stereocenters. The number of carbonyl (C=O) groups is 3. The minimum Gasteiger partial charge on any atom is -0.435 e. The highest BCUT2D eigenvalue weighted by Gasteiger charge is 2.31. The van der Waals surface area contributed by atoms with Crippen LogP contribution >= 0.6 is 0 Å². The predicted molar refractivity (Wildman–Crippen MR) is 96.2 cm³/mol. The number of amides is 2. The van der Waals surface area contributed by atoms with E-state index in [4.69, 9.17) is 10.2 Å². The fourth-order valence-electron chi connectivity index (χ4n) is 2.59. The number of oxazole rings is 1. The lowest BCUT2D eigenvalue weighted by atomic mass is 9.86. The quantitative estimate of drug-likeness (QED) is 0.769. The fraction of sp³-hybridized carbons (Fsp3) is 0.368. The fourth-order valence-corrected chi connectivity index (χ4v) is 2.59. The third-order valence-electron chi connectivity index (χ3n) is 3.67. The molecule has 1 aromatic carbocycles. The van der Waals surface area contributed by atoms with Gasteiger partial charge in [0.2, 0.25) is 11.5 Å². The molecule has 2 amide bonds. The molecule has 0 unspecified atom stereocenters. The summed E-state index contributed by atoms with van der Waals surface area (Å²) in [5.41, 5.74) is 5.90. The topological polar surface area (TPSA) is 115 Å². The summed E-state index contributed by atoms with van der Waals surface area (Å²) in [5, 5.41) is 2.57. The molecule has 1 heterocycles. The lowest BCUT2D eigenvalue weighted by Gasteiger charge is -2.24. The number of nitrogens with two attached hydrogens (primary N) is 1. The number of primary amides is 1. The van der Waals surface area contributed by atoms with Crippen molar-refractivity contribution >= 4 is 17.6 Å². The van der Waals surface area contributed by atoms with Gasteiger partial charge in [-0.1, -0.05) is 51.1 Å². The molecule has 0 saturated carbocycles. The van der Waals surface area contributed by atoms with Crippen molar-refractivity contribution in [2.75, 3.05) is 0 Å². The van der Waals surface area contributed by atoms with Crippen LogP contribution in [0.3, 0.4) is 0 Å². The highest BCUT2D eigenvalue weighted by Crippen LogP contribution is 2.25. The van der Waals surface area contributed by atoms with E-state index in [1.807, 2.05) is 39.0 Å². The second-order valence-electron chi connectivity index (χ2n) is 7.30. The Balaban J connectivity index is 2.33. The molecule has 0 aliphatic rings. The molecule has 0 aliphatic heterocycles. The van der Waals surface area contributed by atoms with Crippen molar-refractivity contribution in [1.82, 2.24) is 10.3 Å². The van der Waals surface area contributed by atoms with Crippen LogP contribution in [0.25, 0.3) is 11.3 Å². The van der Waals surface area contributed by atoms with Gasteiger partial charge in [-0.05, 0) is 11.8 Å². The van der Waals surface area contributed by atoms with Gasteiger partial charge in [-0.25, -0.2) is 4.98 Å². The molecule has 3 N–H and O–H groups in total. The van der Waals surface area contributed by atoms with Crippen molar-refractivity contribution in [3.63, 3.8) is 0 Å². The van der Waals surface area contributed by atoms with Crippen molar-refractivity contribution in [2.24, 2.45) is 11.1 Å². The van der Waals surface area contributed by atoms with Crippen LogP contribution in [0.15, 0.2) is 34.7 Å². The number of aromatic nitrogens is 1. The standard InChI is InChI=1S/C19H23N3O4/c1-11-21-14(12-8-6-5-7-9-12)16(26-11)18(25)22-13(10-19(2,3)4)15(23)17(20)24/h5-9,13H,10H2,1-4H3,(H2,20,24)(H,22,25)/t13-/m0/s1. The zero-order chi connectivity index (χ0) is 19.5. The third-order valence-corrected chi connectivity index (χ3v) is 3.67. The molecule has 0 aliphatic carbocycles. The largest absolute Gasteiger partial charge is 0.435 e. The second-order valence-corrected chi connectivity index (χ2v) is 7.30. The van der Waals surface area contributed by atoms with E-state index >= 15 is 0 Å². The van der Waals surface area contributed by atoms with Gasteiger partial charge >= 0.3 is 0 Å². The van der Waals surface area contributed by atoms with Crippen molar-refractivity contribution in [3.05, 3.63) is 42.0 Å². The molecule has 26 heavy (non-hydrogen) atoms. The summed E-state index contributed by atoms with van der Waals surface area (Å²) in [4.78, 5) is 40.4. The number of benzene rings is 1. The van der Waals surface area contributed by atoms with Gasteiger partial charge in [-0.15, -0.1) is 0 Å². The maximum Gasteiger partial charge on any atom is 0.289 e. The van der Waals surface area contributed by atoms with Crippen LogP contribution in [-0.2, 0) is 9.59 Å². The number of Topliss-reactive ketones (excluding diaryl/α,β-unsaturated/α-hetero) is 1. The average molecular weight is 357 g/mol. The molecule has 0 radical (unpaired) electrons. The first-order chi connectivity index (χ1) is 12.1. The number of carbonyl (C=O) groups excluding carboxylic acids is 3. The van der Waals surface area contributed by atoms with Crippen LogP contribution < -0.4 is 11.1 Å². The normalized spacial score (nSPS) is 12.5. The van der Waals surface area contributed by atoms with Crippen molar-refractivity contribution in [1.29, 1.82) is 0 Å². The van der Waals surface area contributed by atoms with E-state index in [9.17, 15) is 14.4 Å². The summed E-state index contributed by atoms with van der Waals surface area (Å²) in [7, 11) is 0. The van der Waals surface area contributed by atoms with Gasteiger partial charge in [0.15, 0.2) is 5.89 Å². The van der Waals surface area contributed by atoms with Crippen LogP contribution in [0.5, 0.6) is 0 Å². The Kier molecular flexibility index (Phi) is 5.59. The first-order valence-corrected chi connectivity index (χ1v) is 8.26. The Bertz CT molecular complexity index is 819. The van der Waals surface area contributed by atoms with Gasteiger partial charge < -0.3 is 15.5 Å². The smallest absolute Gasteiger partial charge is 0.289 e. The summed E-state index contributed by atoms with van der Waals surface area (Å²) in [5.74, 6) is -2.23. The number of hydrogen-bond donors (Lipinski definition) is 2.